The van der Waals surface area contributed by atoms with Gasteiger partial charge in [-0.25, -0.2) is 5.48 Å². The molecule has 1 aromatic heterocycles. The van der Waals surface area contributed by atoms with E-state index in [2.05, 4.69) is 15.7 Å². The van der Waals surface area contributed by atoms with Crippen LogP contribution in [0.2, 0.25) is 5.02 Å². The van der Waals surface area contributed by atoms with Gasteiger partial charge in [0.1, 0.15) is 0 Å². The average molecular weight is 254 g/mol. The summed E-state index contributed by atoms with van der Waals surface area (Å²) in [5.41, 5.74) is 3.35. The Balaban J connectivity index is 2.29. The number of H-pyrrole nitrogens is 1. The normalized spacial score (nSPS) is 11.1. The standard InChI is InChI=1S/C11H12ClN3O2/c1-6(2)17-15-11(16)10-8-5-7(12)3-4-9(8)13-14-10/h3-6H,1-2H3,(H,13,14)(H,15,16). The van der Waals surface area contributed by atoms with E-state index in [0.717, 1.165) is 5.52 Å². The fourth-order valence-electron chi connectivity index (χ4n) is 1.38. The van der Waals surface area contributed by atoms with Gasteiger partial charge in [0.05, 0.1) is 11.6 Å². The molecule has 0 fully saturated rings. The van der Waals surface area contributed by atoms with E-state index in [9.17, 15) is 4.79 Å². The van der Waals surface area contributed by atoms with Gasteiger partial charge in [0.2, 0.25) is 0 Å². The number of carbonyl (C=O) groups excluding carboxylic acids is 1. The lowest BCUT2D eigenvalue weighted by Crippen LogP contribution is -2.27. The monoisotopic (exact) mass is 253 g/mol. The van der Waals surface area contributed by atoms with Crippen LogP contribution in [0, 0.1) is 0 Å². The molecule has 2 N–H and O–H groups in total. The molecule has 1 amide bonds. The van der Waals surface area contributed by atoms with Gasteiger partial charge < -0.3 is 0 Å². The number of carbonyl (C=O) groups is 1. The molecule has 6 heteroatoms. The number of amides is 1. The molecule has 0 radical (unpaired) electrons. The van der Waals surface area contributed by atoms with E-state index in [4.69, 9.17) is 16.4 Å². The van der Waals surface area contributed by atoms with Gasteiger partial charge in [-0.2, -0.15) is 5.10 Å². The van der Waals surface area contributed by atoms with Crippen molar-refractivity contribution in [2.75, 3.05) is 0 Å². The lowest BCUT2D eigenvalue weighted by molar-refractivity contribution is -0.0000313. The zero-order valence-electron chi connectivity index (χ0n) is 9.45. The van der Waals surface area contributed by atoms with Gasteiger partial charge in [0, 0.05) is 10.4 Å². The third-order valence-corrected chi connectivity index (χ3v) is 2.36. The molecule has 0 atom stereocenters. The minimum atomic E-state index is -0.396. The van der Waals surface area contributed by atoms with Crippen LogP contribution >= 0.6 is 11.6 Å². The molecule has 2 aromatic rings. The van der Waals surface area contributed by atoms with Gasteiger partial charge in [-0.3, -0.25) is 14.7 Å². The number of hydrogen-bond donors (Lipinski definition) is 2. The molecule has 0 aliphatic heterocycles. The number of benzene rings is 1. The molecule has 0 bridgehead atoms. The maximum absolute atomic E-state index is 11.8. The van der Waals surface area contributed by atoms with Crippen molar-refractivity contribution in [2.24, 2.45) is 0 Å². The molecule has 1 aromatic carbocycles. The highest BCUT2D eigenvalue weighted by molar-refractivity contribution is 6.31. The van der Waals surface area contributed by atoms with Crippen LogP contribution in [0.15, 0.2) is 18.2 Å². The summed E-state index contributed by atoms with van der Waals surface area (Å²) in [4.78, 5) is 16.8. The fraction of sp³-hybridized carbons (Fsp3) is 0.273. The van der Waals surface area contributed by atoms with Crippen LogP contribution in [0.4, 0.5) is 0 Å². The first-order valence-electron chi connectivity index (χ1n) is 5.17. The van der Waals surface area contributed by atoms with Gasteiger partial charge in [-0.15, -0.1) is 0 Å². The van der Waals surface area contributed by atoms with Crippen LogP contribution in [0.25, 0.3) is 10.9 Å². The molecule has 0 spiro atoms. The number of nitrogens with one attached hydrogen (secondary N) is 2. The van der Waals surface area contributed by atoms with Crippen LogP contribution in [0.3, 0.4) is 0 Å². The summed E-state index contributed by atoms with van der Waals surface area (Å²) in [6, 6.07) is 5.18. The Morgan fingerprint density at radius 1 is 1.53 bits per heavy atom. The van der Waals surface area contributed by atoms with Gasteiger partial charge in [0.25, 0.3) is 5.91 Å². The Morgan fingerprint density at radius 2 is 2.29 bits per heavy atom. The number of rotatable bonds is 3. The molecule has 5 nitrogen and oxygen atoms in total. The summed E-state index contributed by atoms with van der Waals surface area (Å²) in [6.45, 7) is 3.64. The quantitative estimate of drug-likeness (QED) is 0.825. The van der Waals surface area contributed by atoms with Crippen molar-refractivity contribution in [3.05, 3.63) is 28.9 Å². The maximum atomic E-state index is 11.8. The van der Waals surface area contributed by atoms with E-state index >= 15 is 0 Å². The number of aromatic amines is 1. The van der Waals surface area contributed by atoms with Crippen molar-refractivity contribution in [1.29, 1.82) is 0 Å². The number of fused-ring (bicyclic) bond motifs is 1. The Hall–Kier alpha value is -1.59. The number of aromatic nitrogens is 2. The number of halogens is 1. The van der Waals surface area contributed by atoms with E-state index in [-0.39, 0.29) is 11.8 Å². The van der Waals surface area contributed by atoms with Crippen molar-refractivity contribution in [3.63, 3.8) is 0 Å². The Labute approximate surface area is 103 Å². The summed E-state index contributed by atoms with van der Waals surface area (Å²) < 4.78 is 0. The molecule has 2 rings (SSSR count). The lowest BCUT2D eigenvalue weighted by Gasteiger charge is -2.06. The number of hydroxylamine groups is 1. The van der Waals surface area contributed by atoms with Crippen molar-refractivity contribution in [3.8, 4) is 0 Å². The SMILES string of the molecule is CC(C)ONC(=O)c1n[nH]c2ccc(Cl)cc12. The summed E-state index contributed by atoms with van der Waals surface area (Å²) in [7, 11) is 0. The molecule has 17 heavy (non-hydrogen) atoms. The smallest absolute Gasteiger partial charge is 0.277 e. The van der Waals surface area contributed by atoms with Crippen LogP contribution in [-0.2, 0) is 4.84 Å². The van der Waals surface area contributed by atoms with Crippen molar-refractivity contribution < 1.29 is 9.63 Å². The lowest BCUT2D eigenvalue weighted by atomic mass is 10.2. The molecule has 1 heterocycles. The van der Waals surface area contributed by atoms with Gasteiger partial charge in [0.15, 0.2) is 5.69 Å². The first kappa shape index (κ1) is 11.9. The third-order valence-electron chi connectivity index (χ3n) is 2.13. The van der Waals surface area contributed by atoms with E-state index in [1.54, 1.807) is 18.2 Å². The van der Waals surface area contributed by atoms with E-state index in [0.29, 0.717) is 10.4 Å². The van der Waals surface area contributed by atoms with E-state index in [1.165, 1.54) is 0 Å². The first-order chi connectivity index (χ1) is 8.08. The first-order valence-corrected chi connectivity index (χ1v) is 5.55. The molecular weight excluding hydrogens is 242 g/mol. The minimum Gasteiger partial charge on any atom is -0.277 e. The van der Waals surface area contributed by atoms with Crippen molar-refractivity contribution >= 4 is 28.4 Å². The molecule has 0 saturated heterocycles. The fourth-order valence-corrected chi connectivity index (χ4v) is 1.55. The van der Waals surface area contributed by atoms with E-state index in [1.807, 2.05) is 13.8 Å². The van der Waals surface area contributed by atoms with Crippen molar-refractivity contribution in [1.82, 2.24) is 15.7 Å². The molecule has 0 aliphatic rings. The Bertz CT molecular complexity index is 551. The average Bonchev–Trinajstić information content (AvgIpc) is 2.68. The van der Waals surface area contributed by atoms with Crippen LogP contribution < -0.4 is 5.48 Å². The maximum Gasteiger partial charge on any atom is 0.295 e. The molecular formula is C11H12ClN3O2. The third kappa shape index (κ3) is 2.57. The number of nitrogens with zero attached hydrogens (tertiary/aromatic N) is 1. The Morgan fingerprint density at radius 3 is 3.00 bits per heavy atom. The summed E-state index contributed by atoms with van der Waals surface area (Å²) in [5, 5.41) is 7.92. The van der Waals surface area contributed by atoms with E-state index < -0.39 is 5.91 Å². The van der Waals surface area contributed by atoms with Gasteiger partial charge in [-0.05, 0) is 32.0 Å². The van der Waals surface area contributed by atoms with Crippen LogP contribution in [0.5, 0.6) is 0 Å². The second kappa shape index (κ2) is 4.73. The zero-order valence-corrected chi connectivity index (χ0v) is 10.2. The minimum absolute atomic E-state index is 0.0901. The topological polar surface area (TPSA) is 67.0 Å². The van der Waals surface area contributed by atoms with Gasteiger partial charge >= 0.3 is 0 Å². The highest BCUT2D eigenvalue weighted by Crippen LogP contribution is 2.20. The van der Waals surface area contributed by atoms with Gasteiger partial charge in [-0.1, -0.05) is 11.6 Å². The Kier molecular flexibility index (Phi) is 3.31. The second-order valence-electron chi connectivity index (χ2n) is 3.86. The molecule has 0 saturated carbocycles. The van der Waals surface area contributed by atoms with Crippen molar-refractivity contribution in [2.45, 2.75) is 20.0 Å². The second-order valence-corrected chi connectivity index (χ2v) is 4.30. The zero-order chi connectivity index (χ0) is 12.4. The summed E-state index contributed by atoms with van der Waals surface area (Å²) >= 11 is 5.88. The molecule has 90 valence electrons. The molecule has 0 aliphatic carbocycles. The summed E-state index contributed by atoms with van der Waals surface area (Å²) in [5.74, 6) is -0.396. The number of hydrogen-bond acceptors (Lipinski definition) is 3. The van der Waals surface area contributed by atoms with Crippen LogP contribution in [-0.4, -0.2) is 22.2 Å². The van der Waals surface area contributed by atoms with Crippen LogP contribution in [0.1, 0.15) is 24.3 Å². The summed E-state index contributed by atoms with van der Waals surface area (Å²) in [6.07, 6.45) is -0.0901. The molecule has 0 unspecified atom stereocenters. The predicted molar refractivity (Wildman–Crippen MR) is 64.8 cm³/mol. The predicted octanol–water partition coefficient (Wildman–Crippen LogP) is 2.29. The highest BCUT2D eigenvalue weighted by atomic mass is 35.5. The largest absolute Gasteiger partial charge is 0.295 e. The highest BCUT2D eigenvalue weighted by Gasteiger charge is 2.14.